The van der Waals surface area contributed by atoms with Crippen molar-refractivity contribution in [3.05, 3.63) is 35.9 Å². The number of nitrogens with one attached hydrogen (secondary N) is 1. The van der Waals surface area contributed by atoms with Crippen molar-refractivity contribution < 1.29 is 9.53 Å². The third kappa shape index (κ3) is 6.07. The zero-order valence-corrected chi connectivity index (χ0v) is 10.9. The molecular weight excluding hydrogens is 226 g/mol. The fourth-order valence-corrected chi connectivity index (χ4v) is 1.24. The molecule has 1 aromatic carbocycles. The van der Waals surface area contributed by atoms with Crippen molar-refractivity contribution in [2.24, 2.45) is 5.92 Å². The van der Waals surface area contributed by atoms with Crippen molar-refractivity contribution >= 4 is 5.91 Å². The third-order valence-corrected chi connectivity index (χ3v) is 2.29. The standard InChI is InChI=1S/C15H19NO2/c1-13(2)15(17)16-10-6-7-11-18-12-14-8-4-3-5-9-14/h3-5,8-9,13H,10-12H2,1-2H3,(H,16,17). The lowest BCUT2D eigenvalue weighted by molar-refractivity contribution is -0.123. The van der Waals surface area contributed by atoms with Gasteiger partial charge in [0.1, 0.15) is 6.61 Å². The third-order valence-electron chi connectivity index (χ3n) is 2.29. The maximum Gasteiger partial charge on any atom is 0.223 e. The zero-order chi connectivity index (χ0) is 13.2. The smallest absolute Gasteiger partial charge is 0.223 e. The summed E-state index contributed by atoms with van der Waals surface area (Å²) >= 11 is 0. The van der Waals surface area contributed by atoms with Crippen LogP contribution in [0.2, 0.25) is 0 Å². The van der Waals surface area contributed by atoms with Gasteiger partial charge in [0.25, 0.3) is 0 Å². The summed E-state index contributed by atoms with van der Waals surface area (Å²) in [4.78, 5) is 11.2. The van der Waals surface area contributed by atoms with Crippen molar-refractivity contribution in [3.8, 4) is 11.8 Å². The molecule has 1 aromatic rings. The minimum Gasteiger partial charge on any atom is -0.364 e. The quantitative estimate of drug-likeness (QED) is 0.636. The molecule has 0 aromatic heterocycles. The molecule has 0 aliphatic carbocycles. The number of hydrogen-bond acceptors (Lipinski definition) is 2. The molecule has 0 atom stereocenters. The summed E-state index contributed by atoms with van der Waals surface area (Å²) in [5.74, 6) is 5.74. The molecule has 0 aliphatic rings. The second-order valence-corrected chi connectivity index (χ2v) is 4.20. The van der Waals surface area contributed by atoms with E-state index in [4.69, 9.17) is 4.74 Å². The van der Waals surface area contributed by atoms with Crippen LogP contribution in [0.5, 0.6) is 0 Å². The average molecular weight is 245 g/mol. The fourth-order valence-electron chi connectivity index (χ4n) is 1.24. The molecular formula is C15H19NO2. The predicted octanol–water partition coefficient (Wildman–Crippen LogP) is 1.98. The second-order valence-electron chi connectivity index (χ2n) is 4.20. The van der Waals surface area contributed by atoms with E-state index in [9.17, 15) is 4.79 Å². The lowest BCUT2D eigenvalue weighted by atomic mass is 10.2. The first-order valence-corrected chi connectivity index (χ1v) is 6.05. The molecule has 0 aliphatic heterocycles. The molecule has 0 fully saturated rings. The number of rotatable bonds is 5. The van der Waals surface area contributed by atoms with Crippen LogP contribution in [0.4, 0.5) is 0 Å². The van der Waals surface area contributed by atoms with Gasteiger partial charge in [0.05, 0.1) is 13.2 Å². The summed E-state index contributed by atoms with van der Waals surface area (Å²) in [6, 6.07) is 9.95. The highest BCUT2D eigenvalue weighted by atomic mass is 16.5. The highest BCUT2D eigenvalue weighted by molar-refractivity contribution is 5.78. The van der Waals surface area contributed by atoms with Gasteiger partial charge >= 0.3 is 0 Å². The number of ether oxygens (including phenoxy) is 1. The van der Waals surface area contributed by atoms with Crippen molar-refractivity contribution in [2.75, 3.05) is 13.2 Å². The molecule has 0 radical (unpaired) electrons. The molecule has 0 heterocycles. The Morgan fingerprint density at radius 1 is 1.28 bits per heavy atom. The lowest BCUT2D eigenvalue weighted by Crippen LogP contribution is -2.27. The molecule has 96 valence electrons. The van der Waals surface area contributed by atoms with Crippen LogP contribution in [-0.4, -0.2) is 19.1 Å². The first-order chi connectivity index (χ1) is 8.70. The van der Waals surface area contributed by atoms with Crippen LogP contribution in [0.3, 0.4) is 0 Å². The summed E-state index contributed by atoms with van der Waals surface area (Å²) in [7, 11) is 0. The molecule has 1 rings (SSSR count). The molecule has 3 heteroatoms. The Bertz CT molecular complexity index is 415. The predicted molar refractivity (Wildman–Crippen MR) is 71.7 cm³/mol. The molecule has 3 nitrogen and oxygen atoms in total. The molecule has 0 unspecified atom stereocenters. The minimum atomic E-state index is 0.00105. The van der Waals surface area contributed by atoms with Crippen molar-refractivity contribution in [1.29, 1.82) is 0 Å². The number of benzene rings is 1. The maximum absolute atomic E-state index is 11.2. The molecule has 1 N–H and O–H groups in total. The molecule has 0 bridgehead atoms. The Labute approximate surface area is 109 Å². The Morgan fingerprint density at radius 2 is 2.00 bits per heavy atom. The molecule has 0 spiro atoms. The first kappa shape index (κ1) is 14.3. The van der Waals surface area contributed by atoms with E-state index in [0.717, 1.165) is 5.56 Å². The Kier molecular flexibility index (Phi) is 6.60. The van der Waals surface area contributed by atoms with Gasteiger partial charge in [-0.1, -0.05) is 56.0 Å². The summed E-state index contributed by atoms with van der Waals surface area (Å²) in [6.07, 6.45) is 0. The second kappa shape index (κ2) is 8.32. The van der Waals surface area contributed by atoms with Gasteiger partial charge in [-0.25, -0.2) is 0 Å². The van der Waals surface area contributed by atoms with Crippen LogP contribution in [-0.2, 0) is 16.1 Å². The topological polar surface area (TPSA) is 38.3 Å². The summed E-state index contributed by atoms with van der Waals surface area (Å²) in [6.45, 7) is 5.03. The van der Waals surface area contributed by atoms with E-state index in [1.807, 2.05) is 44.2 Å². The fraction of sp³-hybridized carbons (Fsp3) is 0.400. The lowest BCUT2D eigenvalue weighted by Gasteiger charge is -2.02. The van der Waals surface area contributed by atoms with Crippen LogP contribution in [0, 0.1) is 17.8 Å². The normalized spacial score (nSPS) is 9.72. The van der Waals surface area contributed by atoms with Gasteiger partial charge in [-0.2, -0.15) is 0 Å². The highest BCUT2D eigenvalue weighted by Crippen LogP contribution is 1.99. The van der Waals surface area contributed by atoms with Gasteiger partial charge in [0, 0.05) is 5.92 Å². The van der Waals surface area contributed by atoms with E-state index in [1.54, 1.807) is 0 Å². The largest absolute Gasteiger partial charge is 0.364 e. The van der Waals surface area contributed by atoms with E-state index < -0.39 is 0 Å². The number of carbonyl (C=O) groups excluding carboxylic acids is 1. The van der Waals surface area contributed by atoms with E-state index in [0.29, 0.717) is 19.8 Å². The van der Waals surface area contributed by atoms with Crippen molar-refractivity contribution in [3.63, 3.8) is 0 Å². The number of amides is 1. The van der Waals surface area contributed by atoms with Crippen LogP contribution in [0.25, 0.3) is 0 Å². The summed E-state index contributed by atoms with van der Waals surface area (Å²) < 4.78 is 5.39. The first-order valence-electron chi connectivity index (χ1n) is 6.05. The highest BCUT2D eigenvalue weighted by Gasteiger charge is 2.03. The average Bonchev–Trinajstić information content (AvgIpc) is 2.38. The van der Waals surface area contributed by atoms with Gasteiger partial charge in [-0.15, -0.1) is 0 Å². The molecule has 0 saturated heterocycles. The van der Waals surface area contributed by atoms with Gasteiger partial charge in [-0.05, 0) is 5.56 Å². The number of hydrogen-bond donors (Lipinski definition) is 1. The Balaban J connectivity index is 2.10. The molecule has 1 amide bonds. The van der Waals surface area contributed by atoms with Crippen molar-refractivity contribution in [2.45, 2.75) is 20.5 Å². The van der Waals surface area contributed by atoms with Crippen molar-refractivity contribution in [1.82, 2.24) is 5.32 Å². The Hall–Kier alpha value is -1.79. The monoisotopic (exact) mass is 245 g/mol. The van der Waals surface area contributed by atoms with E-state index in [2.05, 4.69) is 17.2 Å². The van der Waals surface area contributed by atoms with Crippen LogP contribution in [0.1, 0.15) is 19.4 Å². The summed E-state index contributed by atoms with van der Waals surface area (Å²) in [5, 5.41) is 2.72. The van der Waals surface area contributed by atoms with Gasteiger partial charge in [0.15, 0.2) is 0 Å². The molecule has 0 saturated carbocycles. The van der Waals surface area contributed by atoms with Crippen LogP contribution < -0.4 is 5.32 Å². The van der Waals surface area contributed by atoms with Crippen LogP contribution in [0.15, 0.2) is 30.3 Å². The zero-order valence-electron chi connectivity index (χ0n) is 10.9. The van der Waals surface area contributed by atoms with Gasteiger partial charge < -0.3 is 10.1 Å². The SMILES string of the molecule is CC(C)C(=O)NCC#CCOCc1ccccc1. The maximum atomic E-state index is 11.2. The van der Waals surface area contributed by atoms with E-state index in [-0.39, 0.29) is 11.8 Å². The summed E-state index contributed by atoms with van der Waals surface area (Å²) in [5.41, 5.74) is 1.13. The van der Waals surface area contributed by atoms with Gasteiger partial charge in [-0.3, -0.25) is 4.79 Å². The van der Waals surface area contributed by atoms with Crippen LogP contribution >= 0.6 is 0 Å². The number of carbonyl (C=O) groups is 1. The van der Waals surface area contributed by atoms with E-state index in [1.165, 1.54) is 0 Å². The van der Waals surface area contributed by atoms with E-state index >= 15 is 0 Å². The van der Waals surface area contributed by atoms with Gasteiger partial charge in [0.2, 0.25) is 5.91 Å². The Morgan fingerprint density at radius 3 is 2.67 bits per heavy atom. The molecule has 18 heavy (non-hydrogen) atoms. The minimum absolute atomic E-state index is 0.00105.